The van der Waals surface area contributed by atoms with Crippen LogP contribution in [0.15, 0.2) is 0 Å². The van der Waals surface area contributed by atoms with Crippen LogP contribution in [0.3, 0.4) is 0 Å². The molecule has 0 atom stereocenters. The van der Waals surface area contributed by atoms with E-state index in [4.69, 9.17) is 4.74 Å². The minimum Gasteiger partial charge on any atom is -0.507 e. The van der Waals surface area contributed by atoms with Gasteiger partial charge in [0, 0.05) is 5.56 Å². The highest BCUT2D eigenvalue weighted by Gasteiger charge is 2.49. The Morgan fingerprint density at radius 2 is 1.78 bits per heavy atom. The van der Waals surface area contributed by atoms with Gasteiger partial charge in [0.1, 0.15) is 18.1 Å². The van der Waals surface area contributed by atoms with E-state index < -0.39 is 0 Å². The number of ketones is 1. The van der Waals surface area contributed by atoms with E-state index in [-0.39, 0.29) is 16.9 Å². The Morgan fingerprint density at radius 3 is 2.33 bits per heavy atom. The third-order valence-corrected chi connectivity index (χ3v) is 4.73. The summed E-state index contributed by atoms with van der Waals surface area (Å²) in [5.74, 6) is 1.09. The lowest BCUT2D eigenvalue weighted by molar-refractivity contribution is 0.0318. The van der Waals surface area contributed by atoms with Crippen LogP contribution in [0.4, 0.5) is 0 Å². The SMILES string of the molecule is Cc1c(C)c2c(c(C)c1O)C(=O)C1(CCC1)CO2. The van der Waals surface area contributed by atoms with Crippen molar-refractivity contribution in [1.29, 1.82) is 0 Å². The van der Waals surface area contributed by atoms with Gasteiger partial charge < -0.3 is 9.84 Å². The topological polar surface area (TPSA) is 46.5 Å². The van der Waals surface area contributed by atoms with E-state index in [0.29, 0.717) is 23.5 Å². The highest BCUT2D eigenvalue weighted by atomic mass is 16.5. The Hall–Kier alpha value is -1.51. The average Bonchev–Trinajstić information content (AvgIpc) is 2.31. The van der Waals surface area contributed by atoms with Crippen LogP contribution in [-0.4, -0.2) is 17.5 Å². The van der Waals surface area contributed by atoms with Gasteiger partial charge in [-0.2, -0.15) is 0 Å². The molecule has 3 heteroatoms. The van der Waals surface area contributed by atoms with Gasteiger partial charge in [0.25, 0.3) is 0 Å². The lowest BCUT2D eigenvalue weighted by Crippen LogP contribution is -2.46. The van der Waals surface area contributed by atoms with E-state index in [1.54, 1.807) is 6.92 Å². The lowest BCUT2D eigenvalue weighted by atomic mass is 9.63. The number of benzene rings is 1. The minimum atomic E-state index is -0.300. The molecular weight excluding hydrogens is 228 g/mol. The fraction of sp³-hybridized carbons (Fsp3) is 0.533. The largest absolute Gasteiger partial charge is 0.507 e. The molecule has 1 aliphatic carbocycles. The van der Waals surface area contributed by atoms with Crippen molar-refractivity contribution >= 4 is 5.78 Å². The molecule has 0 bridgehead atoms. The number of rotatable bonds is 0. The lowest BCUT2D eigenvalue weighted by Gasteiger charge is -2.44. The Balaban J connectivity index is 2.24. The molecule has 96 valence electrons. The van der Waals surface area contributed by atoms with Gasteiger partial charge in [0.05, 0.1) is 11.0 Å². The predicted octanol–water partition coefficient (Wildman–Crippen LogP) is 3.06. The maximum absolute atomic E-state index is 12.7. The molecule has 0 amide bonds. The number of ether oxygens (including phenoxy) is 1. The van der Waals surface area contributed by atoms with Crippen molar-refractivity contribution in [2.75, 3.05) is 6.61 Å². The van der Waals surface area contributed by atoms with Gasteiger partial charge in [-0.25, -0.2) is 0 Å². The Morgan fingerprint density at radius 1 is 1.11 bits per heavy atom. The predicted molar refractivity (Wildman–Crippen MR) is 68.4 cm³/mol. The van der Waals surface area contributed by atoms with Crippen molar-refractivity contribution in [2.45, 2.75) is 40.0 Å². The van der Waals surface area contributed by atoms with Crippen molar-refractivity contribution in [3.63, 3.8) is 0 Å². The van der Waals surface area contributed by atoms with E-state index >= 15 is 0 Å². The first-order chi connectivity index (χ1) is 8.48. The molecule has 1 N–H and O–H groups in total. The number of fused-ring (bicyclic) bond motifs is 1. The molecule has 3 rings (SSSR count). The number of hydrogen-bond acceptors (Lipinski definition) is 3. The van der Waals surface area contributed by atoms with Crippen molar-refractivity contribution in [2.24, 2.45) is 5.41 Å². The molecule has 1 aliphatic heterocycles. The fourth-order valence-electron chi connectivity index (χ4n) is 3.08. The second-order valence-corrected chi connectivity index (χ2v) is 5.68. The normalized spacial score (nSPS) is 20.3. The summed E-state index contributed by atoms with van der Waals surface area (Å²) in [7, 11) is 0. The summed E-state index contributed by atoms with van der Waals surface area (Å²) in [5, 5.41) is 10.1. The number of carbonyl (C=O) groups is 1. The molecule has 1 fully saturated rings. The Kier molecular flexibility index (Phi) is 2.25. The van der Waals surface area contributed by atoms with Gasteiger partial charge in [-0.3, -0.25) is 4.79 Å². The maximum atomic E-state index is 12.7. The maximum Gasteiger partial charge on any atom is 0.176 e. The van der Waals surface area contributed by atoms with Gasteiger partial charge in [0.2, 0.25) is 0 Å². The number of carbonyl (C=O) groups excluding carboxylic acids is 1. The quantitative estimate of drug-likeness (QED) is 0.765. The molecule has 1 spiro atoms. The molecule has 0 saturated heterocycles. The number of hydrogen-bond donors (Lipinski definition) is 1. The van der Waals surface area contributed by atoms with Crippen LogP contribution in [-0.2, 0) is 0 Å². The Bertz CT molecular complexity index is 554. The molecule has 18 heavy (non-hydrogen) atoms. The summed E-state index contributed by atoms with van der Waals surface area (Å²) in [6.07, 6.45) is 2.93. The number of Topliss-reactive ketones (excluding diaryl/α,β-unsaturated/α-hetero) is 1. The van der Waals surface area contributed by atoms with Crippen LogP contribution in [0, 0.1) is 26.2 Å². The van der Waals surface area contributed by atoms with E-state index in [1.165, 1.54) is 0 Å². The summed E-state index contributed by atoms with van der Waals surface area (Å²) in [5.41, 5.74) is 2.68. The molecule has 1 aromatic rings. The zero-order valence-corrected chi connectivity index (χ0v) is 11.1. The summed E-state index contributed by atoms with van der Waals surface area (Å²) in [6.45, 7) is 6.07. The van der Waals surface area contributed by atoms with E-state index in [2.05, 4.69) is 0 Å². The summed E-state index contributed by atoms with van der Waals surface area (Å²) >= 11 is 0. The van der Waals surface area contributed by atoms with Gasteiger partial charge in [-0.1, -0.05) is 6.42 Å². The zero-order chi connectivity index (χ0) is 13.1. The van der Waals surface area contributed by atoms with Crippen LogP contribution in [0.2, 0.25) is 0 Å². The monoisotopic (exact) mass is 246 g/mol. The molecule has 0 radical (unpaired) electrons. The first-order valence-electron chi connectivity index (χ1n) is 6.48. The zero-order valence-electron chi connectivity index (χ0n) is 11.1. The highest BCUT2D eigenvalue weighted by Crippen LogP contribution is 2.51. The van der Waals surface area contributed by atoms with Gasteiger partial charge in [0.15, 0.2) is 5.78 Å². The second-order valence-electron chi connectivity index (χ2n) is 5.68. The second kappa shape index (κ2) is 3.50. The van der Waals surface area contributed by atoms with Crippen LogP contribution in [0.1, 0.15) is 46.3 Å². The molecule has 0 unspecified atom stereocenters. The van der Waals surface area contributed by atoms with Crippen molar-refractivity contribution in [1.82, 2.24) is 0 Å². The Labute approximate surface area is 107 Å². The van der Waals surface area contributed by atoms with Gasteiger partial charge >= 0.3 is 0 Å². The first-order valence-corrected chi connectivity index (χ1v) is 6.48. The van der Waals surface area contributed by atoms with Crippen LogP contribution < -0.4 is 4.74 Å². The first kappa shape index (κ1) is 11.6. The molecule has 3 nitrogen and oxygen atoms in total. The van der Waals surface area contributed by atoms with E-state index in [1.807, 2.05) is 13.8 Å². The highest BCUT2D eigenvalue weighted by molar-refractivity contribution is 6.06. The smallest absolute Gasteiger partial charge is 0.176 e. The number of phenolic OH excluding ortho intramolecular Hbond substituents is 1. The van der Waals surface area contributed by atoms with E-state index in [9.17, 15) is 9.90 Å². The van der Waals surface area contributed by atoms with Gasteiger partial charge in [-0.15, -0.1) is 0 Å². The van der Waals surface area contributed by atoms with Crippen molar-refractivity contribution in [3.05, 3.63) is 22.3 Å². The third-order valence-electron chi connectivity index (χ3n) is 4.73. The van der Waals surface area contributed by atoms with Crippen LogP contribution in [0.5, 0.6) is 11.5 Å². The number of phenols is 1. The van der Waals surface area contributed by atoms with Crippen LogP contribution in [0.25, 0.3) is 0 Å². The molecular formula is C15H18O3. The van der Waals surface area contributed by atoms with Crippen molar-refractivity contribution < 1.29 is 14.6 Å². The minimum absolute atomic E-state index is 0.172. The summed E-state index contributed by atoms with van der Waals surface area (Å²) in [4.78, 5) is 12.7. The summed E-state index contributed by atoms with van der Waals surface area (Å²) < 4.78 is 5.87. The van der Waals surface area contributed by atoms with E-state index in [0.717, 1.165) is 30.4 Å². The summed E-state index contributed by atoms with van der Waals surface area (Å²) in [6, 6.07) is 0. The molecule has 1 heterocycles. The fourth-order valence-corrected chi connectivity index (χ4v) is 3.08. The average molecular weight is 246 g/mol. The van der Waals surface area contributed by atoms with Gasteiger partial charge in [-0.05, 0) is 44.7 Å². The number of aromatic hydroxyl groups is 1. The molecule has 1 aromatic carbocycles. The van der Waals surface area contributed by atoms with Crippen LogP contribution >= 0.6 is 0 Å². The standard InChI is InChI=1S/C15H18O3/c1-8-9(2)13-11(10(3)12(8)16)14(17)15(7-18-13)5-4-6-15/h16H,4-7H2,1-3H3. The molecule has 1 saturated carbocycles. The third kappa shape index (κ3) is 1.22. The van der Waals surface area contributed by atoms with Crippen molar-refractivity contribution in [3.8, 4) is 11.5 Å². The molecule has 2 aliphatic rings. The molecule has 0 aromatic heterocycles.